The van der Waals surface area contributed by atoms with Crippen molar-refractivity contribution in [1.29, 1.82) is 0 Å². The van der Waals surface area contributed by atoms with Gasteiger partial charge in [0.25, 0.3) is 5.91 Å². The third-order valence-corrected chi connectivity index (χ3v) is 5.61. The summed E-state index contributed by atoms with van der Waals surface area (Å²) in [6.45, 7) is 4.06. The van der Waals surface area contributed by atoms with Gasteiger partial charge in [-0.3, -0.25) is 10.1 Å². The van der Waals surface area contributed by atoms with E-state index in [4.69, 9.17) is 0 Å². The maximum Gasteiger partial charge on any atom is 0.257 e. The Morgan fingerprint density at radius 2 is 1.92 bits per heavy atom. The first-order valence-electron chi connectivity index (χ1n) is 8.08. The van der Waals surface area contributed by atoms with E-state index in [-0.39, 0.29) is 5.91 Å². The van der Waals surface area contributed by atoms with Crippen LogP contribution in [0.5, 0.6) is 0 Å². The lowest BCUT2D eigenvalue weighted by Crippen LogP contribution is -2.12. The van der Waals surface area contributed by atoms with Crippen molar-refractivity contribution in [1.82, 2.24) is 4.98 Å². The number of amides is 1. The van der Waals surface area contributed by atoms with Crippen LogP contribution in [0.25, 0.3) is 11.3 Å². The lowest BCUT2D eigenvalue weighted by molar-refractivity contribution is 0.102. The summed E-state index contributed by atoms with van der Waals surface area (Å²) in [6, 6.07) is 14.1. The second kappa shape index (κ2) is 5.87. The number of aromatic nitrogens is 1. The zero-order valence-electron chi connectivity index (χ0n) is 13.7. The summed E-state index contributed by atoms with van der Waals surface area (Å²) in [5.41, 5.74) is 6.54. The number of carbonyl (C=O) groups is 1. The highest BCUT2D eigenvalue weighted by Gasteiger charge is 2.21. The molecule has 3 nitrogen and oxygen atoms in total. The fourth-order valence-corrected chi connectivity index (χ4v) is 4.03. The van der Waals surface area contributed by atoms with E-state index in [1.54, 1.807) is 11.3 Å². The topological polar surface area (TPSA) is 42.0 Å². The highest BCUT2D eigenvalue weighted by Crippen LogP contribution is 2.38. The van der Waals surface area contributed by atoms with Crippen LogP contribution < -0.4 is 5.32 Å². The van der Waals surface area contributed by atoms with Crippen molar-refractivity contribution >= 4 is 22.4 Å². The number of anilines is 1. The number of nitrogens with one attached hydrogen (secondary N) is 1. The second-order valence-electron chi connectivity index (χ2n) is 6.20. The van der Waals surface area contributed by atoms with Gasteiger partial charge in [0.05, 0.1) is 5.69 Å². The molecule has 0 aliphatic heterocycles. The highest BCUT2D eigenvalue weighted by molar-refractivity contribution is 7.16. The Balaban J connectivity index is 1.62. The summed E-state index contributed by atoms with van der Waals surface area (Å²) in [4.78, 5) is 18.4. The standard InChI is InChI=1S/C20H18N2OS/c1-12-7-8-15(11-13(12)2)19(23)22-20-21-18-16-6-4-3-5-14(16)9-10-17(18)24-20/h3-8,11H,9-10H2,1-2H3,(H,21,22,23). The van der Waals surface area contributed by atoms with Gasteiger partial charge < -0.3 is 0 Å². The minimum absolute atomic E-state index is 0.0996. The number of carbonyl (C=O) groups excluding carboxylic acids is 1. The monoisotopic (exact) mass is 334 g/mol. The number of fused-ring (bicyclic) bond motifs is 3. The maximum absolute atomic E-state index is 12.5. The third-order valence-electron chi connectivity index (χ3n) is 4.58. The first-order chi connectivity index (χ1) is 11.6. The quantitative estimate of drug-likeness (QED) is 0.733. The molecule has 0 saturated carbocycles. The molecule has 1 aliphatic rings. The lowest BCUT2D eigenvalue weighted by Gasteiger charge is -2.13. The molecule has 0 bridgehead atoms. The van der Waals surface area contributed by atoms with E-state index in [9.17, 15) is 4.79 Å². The van der Waals surface area contributed by atoms with Crippen LogP contribution in [0, 0.1) is 13.8 Å². The Morgan fingerprint density at radius 1 is 1.08 bits per heavy atom. The van der Waals surface area contributed by atoms with E-state index in [0.717, 1.165) is 24.1 Å². The molecule has 4 rings (SSSR count). The van der Waals surface area contributed by atoms with E-state index in [1.807, 2.05) is 38.1 Å². The Kier molecular flexibility index (Phi) is 3.69. The zero-order chi connectivity index (χ0) is 16.7. The van der Waals surface area contributed by atoms with Crippen LogP contribution in [0.4, 0.5) is 5.13 Å². The molecular weight excluding hydrogens is 316 g/mol. The summed E-state index contributed by atoms with van der Waals surface area (Å²) in [5.74, 6) is -0.0996. The molecule has 0 atom stereocenters. The minimum atomic E-state index is -0.0996. The van der Waals surface area contributed by atoms with Gasteiger partial charge in [-0.1, -0.05) is 30.3 Å². The summed E-state index contributed by atoms with van der Waals surface area (Å²) < 4.78 is 0. The van der Waals surface area contributed by atoms with Gasteiger partial charge in [0.15, 0.2) is 5.13 Å². The number of hydrogen-bond donors (Lipinski definition) is 1. The molecule has 24 heavy (non-hydrogen) atoms. The molecule has 0 saturated heterocycles. The van der Waals surface area contributed by atoms with E-state index >= 15 is 0 Å². The normalized spacial score (nSPS) is 12.4. The van der Waals surface area contributed by atoms with Crippen molar-refractivity contribution in [2.24, 2.45) is 0 Å². The number of benzene rings is 2. The average Bonchev–Trinajstić information content (AvgIpc) is 3.00. The Hall–Kier alpha value is -2.46. The van der Waals surface area contributed by atoms with Crippen LogP contribution in [-0.2, 0) is 12.8 Å². The zero-order valence-corrected chi connectivity index (χ0v) is 14.5. The predicted molar refractivity (Wildman–Crippen MR) is 98.8 cm³/mol. The molecule has 0 spiro atoms. The van der Waals surface area contributed by atoms with Gasteiger partial charge in [0.1, 0.15) is 0 Å². The van der Waals surface area contributed by atoms with E-state index in [2.05, 4.69) is 28.5 Å². The SMILES string of the molecule is Cc1ccc(C(=O)Nc2nc3c(s2)CCc2ccccc2-3)cc1C. The predicted octanol–water partition coefficient (Wildman–Crippen LogP) is 4.78. The van der Waals surface area contributed by atoms with Gasteiger partial charge in [-0.05, 0) is 55.5 Å². The van der Waals surface area contributed by atoms with Gasteiger partial charge in [0, 0.05) is 16.0 Å². The largest absolute Gasteiger partial charge is 0.298 e. The lowest BCUT2D eigenvalue weighted by atomic mass is 9.94. The minimum Gasteiger partial charge on any atom is -0.298 e. The van der Waals surface area contributed by atoms with Crippen LogP contribution in [0.15, 0.2) is 42.5 Å². The van der Waals surface area contributed by atoms with Crippen molar-refractivity contribution in [3.05, 3.63) is 69.6 Å². The summed E-state index contributed by atoms with van der Waals surface area (Å²) in [5, 5.41) is 3.64. The molecule has 1 heterocycles. The molecule has 0 radical (unpaired) electrons. The van der Waals surface area contributed by atoms with Crippen LogP contribution in [0.3, 0.4) is 0 Å². The highest BCUT2D eigenvalue weighted by atomic mass is 32.1. The van der Waals surface area contributed by atoms with Gasteiger partial charge in [0.2, 0.25) is 0 Å². The van der Waals surface area contributed by atoms with Gasteiger partial charge in [-0.25, -0.2) is 4.98 Å². The van der Waals surface area contributed by atoms with E-state index in [1.165, 1.54) is 21.6 Å². The Morgan fingerprint density at radius 3 is 2.75 bits per heavy atom. The van der Waals surface area contributed by atoms with Crippen LogP contribution >= 0.6 is 11.3 Å². The number of hydrogen-bond acceptors (Lipinski definition) is 3. The van der Waals surface area contributed by atoms with Crippen LogP contribution in [0.2, 0.25) is 0 Å². The molecule has 0 unspecified atom stereocenters. The molecular formula is C20H18N2OS. The average molecular weight is 334 g/mol. The van der Waals surface area contributed by atoms with Crippen LogP contribution in [0.1, 0.15) is 31.9 Å². The Bertz CT molecular complexity index is 943. The van der Waals surface area contributed by atoms with Crippen LogP contribution in [-0.4, -0.2) is 10.9 Å². The number of thiazole rings is 1. The fraction of sp³-hybridized carbons (Fsp3) is 0.200. The molecule has 1 N–H and O–H groups in total. The number of nitrogens with zero attached hydrogens (tertiary/aromatic N) is 1. The molecule has 0 fully saturated rings. The first-order valence-corrected chi connectivity index (χ1v) is 8.90. The molecule has 1 amide bonds. The molecule has 1 aliphatic carbocycles. The van der Waals surface area contributed by atoms with Crippen molar-refractivity contribution < 1.29 is 4.79 Å². The molecule has 3 aromatic rings. The molecule has 4 heteroatoms. The summed E-state index contributed by atoms with van der Waals surface area (Å²) >= 11 is 1.59. The van der Waals surface area contributed by atoms with E-state index in [0.29, 0.717) is 10.7 Å². The van der Waals surface area contributed by atoms with Gasteiger partial charge in [-0.15, -0.1) is 11.3 Å². The van der Waals surface area contributed by atoms with Crippen molar-refractivity contribution in [3.8, 4) is 11.3 Å². The molecule has 120 valence electrons. The fourth-order valence-electron chi connectivity index (χ4n) is 3.05. The summed E-state index contributed by atoms with van der Waals surface area (Å²) in [7, 11) is 0. The van der Waals surface area contributed by atoms with E-state index < -0.39 is 0 Å². The Labute approximate surface area is 145 Å². The van der Waals surface area contributed by atoms with Crippen molar-refractivity contribution in [3.63, 3.8) is 0 Å². The third kappa shape index (κ3) is 2.63. The van der Waals surface area contributed by atoms with Gasteiger partial charge in [-0.2, -0.15) is 0 Å². The number of rotatable bonds is 2. The molecule has 1 aromatic heterocycles. The summed E-state index contributed by atoms with van der Waals surface area (Å²) in [6.07, 6.45) is 2.03. The van der Waals surface area contributed by atoms with Crippen molar-refractivity contribution in [2.75, 3.05) is 5.32 Å². The van der Waals surface area contributed by atoms with Gasteiger partial charge >= 0.3 is 0 Å². The second-order valence-corrected chi connectivity index (χ2v) is 7.28. The van der Waals surface area contributed by atoms with Crippen molar-refractivity contribution in [2.45, 2.75) is 26.7 Å². The number of aryl methyl sites for hydroxylation is 4. The molecule has 2 aromatic carbocycles. The smallest absolute Gasteiger partial charge is 0.257 e. The maximum atomic E-state index is 12.5. The first kappa shape index (κ1) is 15.1.